The fourth-order valence-corrected chi connectivity index (χ4v) is 3.57. The number of hydrogen-bond acceptors (Lipinski definition) is 6. The van der Waals surface area contributed by atoms with Gasteiger partial charge in [0.05, 0.1) is 13.2 Å². The highest BCUT2D eigenvalue weighted by Crippen LogP contribution is 2.20. The van der Waals surface area contributed by atoms with Crippen molar-refractivity contribution in [3.63, 3.8) is 0 Å². The second-order valence-electron chi connectivity index (χ2n) is 6.62. The molecule has 0 aliphatic carbocycles. The lowest BCUT2D eigenvalue weighted by Crippen LogP contribution is -2.45. The van der Waals surface area contributed by atoms with Crippen LogP contribution in [0.1, 0.15) is 24.8 Å². The number of ether oxygens (including phenoxy) is 1. The van der Waals surface area contributed by atoms with E-state index < -0.39 is 0 Å². The Balaban J connectivity index is 1.33. The average molecular weight is 328 g/mol. The second kappa shape index (κ2) is 7.27. The SMILES string of the molecule is c1ccc(Cn2nnnc2NC2CCN(C3CCOC3)CC2)cc1. The summed E-state index contributed by atoms with van der Waals surface area (Å²) in [5.74, 6) is 0.765. The predicted molar refractivity (Wildman–Crippen MR) is 90.8 cm³/mol. The van der Waals surface area contributed by atoms with E-state index in [1.54, 1.807) is 0 Å². The summed E-state index contributed by atoms with van der Waals surface area (Å²) in [7, 11) is 0. The Kier molecular flexibility index (Phi) is 4.71. The standard InChI is InChI=1S/C17H24N6O/c1-2-4-14(5-3-1)12-23-17(19-20-21-23)18-15-6-9-22(10-7-15)16-8-11-24-13-16/h1-5,15-16H,6-13H2,(H,18,19,21). The lowest BCUT2D eigenvalue weighted by molar-refractivity contribution is 0.124. The number of tetrazole rings is 1. The molecule has 7 heteroatoms. The molecule has 3 heterocycles. The van der Waals surface area contributed by atoms with Crippen LogP contribution in [-0.2, 0) is 11.3 Å². The number of piperidine rings is 1. The summed E-state index contributed by atoms with van der Waals surface area (Å²) in [5.41, 5.74) is 1.20. The van der Waals surface area contributed by atoms with E-state index in [-0.39, 0.29) is 0 Å². The van der Waals surface area contributed by atoms with Gasteiger partial charge < -0.3 is 10.1 Å². The molecular formula is C17H24N6O. The quantitative estimate of drug-likeness (QED) is 0.894. The summed E-state index contributed by atoms with van der Waals surface area (Å²) in [6.45, 7) is 4.73. The van der Waals surface area contributed by atoms with Crippen molar-refractivity contribution in [3.05, 3.63) is 35.9 Å². The maximum Gasteiger partial charge on any atom is 0.243 e. The van der Waals surface area contributed by atoms with E-state index in [2.05, 4.69) is 37.9 Å². The first-order valence-electron chi connectivity index (χ1n) is 8.77. The van der Waals surface area contributed by atoms with Gasteiger partial charge in [0.15, 0.2) is 0 Å². The van der Waals surface area contributed by atoms with E-state index in [1.807, 2.05) is 22.9 Å². The fraction of sp³-hybridized carbons (Fsp3) is 0.588. The van der Waals surface area contributed by atoms with Crippen LogP contribution in [0.5, 0.6) is 0 Å². The molecular weight excluding hydrogens is 304 g/mol. The third kappa shape index (κ3) is 3.57. The number of likely N-dealkylation sites (tertiary alicyclic amines) is 1. The number of hydrogen-bond donors (Lipinski definition) is 1. The molecule has 2 saturated heterocycles. The van der Waals surface area contributed by atoms with Crippen LogP contribution in [0.2, 0.25) is 0 Å². The lowest BCUT2D eigenvalue weighted by atomic mass is 10.0. The molecule has 1 atom stereocenters. The zero-order valence-corrected chi connectivity index (χ0v) is 13.8. The minimum Gasteiger partial charge on any atom is -0.380 e. The number of rotatable bonds is 5. The number of anilines is 1. The van der Waals surface area contributed by atoms with Crippen LogP contribution in [0, 0.1) is 0 Å². The molecule has 0 saturated carbocycles. The van der Waals surface area contributed by atoms with Crippen LogP contribution in [0.25, 0.3) is 0 Å². The first kappa shape index (κ1) is 15.5. The van der Waals surface area contributed by atoms with Crippen molar-refractivity contribution < 1.29 is 4.74 Å². The van der Waals surface area contributed by atoms with Crippen LogP contribution >= 0.6 is 0 Å². The fourth-order valence-electron chi connectivity index (χ4n) is 3.57. The molecule has 2 aromatic rings. The molecule has 128 valence electrons. The van der Waals surface area contributed by atoms with Crippen LogP contribution in [0.4, 0.5) is 5.95 Å². The maximum atomic E-state index is 5.51. The molecule has 1 N–H and O–H groups in total. The Labute approximate surface area is 142 Å². The van der Waals surface area contributed by atoms with Crippen LogP contribution in [0.15, 0.2) is 30.3 Å². The average Bonchev–Trinajstić information content (AvgIpc) is 3.29. The molecule has 24 heavy (non-hydrogen) atoms. The van der Waals surface area contributed by atoms with Crippen LogP contribution in [0.3, 0.4) is 0 Å². The molecule has 1 aromatic carbocycles. The third-order valence-electron chi connectivity index (χ3n) is 4.99. The minimum atomic E-state index is 0.434. The number of nitrogens with one attached hydrogen (secondary N) is 1. The van der Waals surface area contributed by atoms with E-state index >= 15 is 0 Å². The summed E-state index contributed by atoms with van der Waals surface area (Å²) >= 11 is 0. The van der Waals surface area contributed by atoms with E-state index in [0.29, 0.717) is 18.6 Å². The monoisotopic (exact) mass is 328 g/mol. The van der Waals surface area contributed by atoms with Gasteiger partial charge in [-0.05, 0) is 35.3 Å². The molecule has 1 unspecified atom stereocenters. The van der Waals surface area contributed by atoms with Gasteiger partial charge in [0, 0.05) is 31.8 Å². The highest BCUT2D eigenvalue weighted by atomic mass is 16.5. The Hall–Kier alpha value is -1.99. The first-order chi connectivity index (χ1) is 11.9. The van der Waals surface area contributed by atoms with Crippen molar-refractivity contribution in [1.29, 1.82) is 0 Å². The Morgan fingerprint density at radius 1 is 1.12 bits per heavy atom. The summed E-state index contributed by atoms with van der Waals surface area (Å²) in [6, 6.07) is 11.3. The lowest BCUT2D eigenvalue weighted by Gasteiger charge is -2.35. The second-order valence-corrected chi connectivity index (χ2v) is 6.62. The Morgan fingerprint density at radius 2 is 1.96 bits per heavy atom. The molecule has 7 nitrogen and oxygen atoms in total. The third-order valence-corrected chi connectivity index (χ3v) is 4.99. The van der Waals surface area contributed by atoms with Gasteiger partial charge in [0.2, 0.25) is 5.95 Å². The van der Waals surface area contributed by atoms with Crippen molar-refractivity contribution in [3.8, 4) is 0 Å². The van der Waals surface area contributed by atoms with Gasteiger partial charge >= 0.3 is 0 Å². The van der Waals surface area contributed by atoms with Crippen molar-refractivity contribution in [1.82, 2.24) is 25.1 Å². The zero-order chi connectivity index (χ0) is 16.2. The maximum absolute atomic E-state index is 5.51. The number of benzene rings is 1. The largest absolute Gasteiger partial charge is 0.380 e. The van der Waals surface area contributed by atoms with Gasteiger partial charge in [0.25, 0.3) is 0 Å². The van der Waals surface area contributed by atoms with Crippen molar-refractivity contribution in [2.45, 2.75) is 37.9 Å². The molecule has 1 aromatic heterocycles. The summed E-state index contributed by atoms with van der Waals surface area (Å²) in [6.07, 6.45) is 3.41. The van der Waals surface area contributed by atoms with Gasteiger partial charge in [-0.25, -0.2) is 4.68 Å². The normalized spacial score (nSPS) is 22.8. The highest BCUT2D eigenvalue weighted by molar-refractivity contribution is 5.26. The topological polar surface area (TPSA) is 68.1 Å². The van der Waals surface area contributed by atoms with Crippen LogP contribution in [-0.4, -0.2) is 63.5 Å². The van der Waals surface area contributed by atoms with Crippen molar-refractivity contribution >= 4 is 5.95 Å². The van der Waals surface area contributed by atoms with E-state index in [1.165, 1.54) is 12.0 Å². The van der Waals surface area contributed by atoms with Gasteiger partial charge in [-0.15, -0.1) is 0 Å². The molecule has 0 bridgehead atoms. The van der Waals surface area contributed by atoms with Gasteiger partial charge in [0.1, 0.15) is 0 Å². The summed E-state index contributed by atoms with van der Waals surface area (Å²) < 4.78 is 7.35. The van der Waals surface area contributed by atoms with E-state index in [9.17, 15) is 0 Å². The van der Waals surface area contributed by atoms with Gasteiger partial charge in [-0.3, -0.25) is 4.90 Å². The van der Waals surface area contributed by atoms with Crippen molar-refractivity contribution in [2.24, 2.45) is 0 Å². The Morgan fingerprint density at radius 3 is 2.71 bits per heavy atom. The van der Waals surface area contributed by atoms with E-state index in [0.717, 1.165) is 45.1 Å². The number of nitrogens with zero attached hydrogens (tertiary/aromatic N) is 5. The van der Waals surface area contributed by atoms with E-state index in [4.69, 9.17) is 4.74 Å². The first-order valence-corrected chi connectivity index (χ1v) is 8.77. The molecule has 4 rings (SSSR count). The minimum absolute atomic E-state index is 0.434. The summed E-state index contributed by atoms with van der Waals surface area (Å²) in [5, 5.41) is 15.6. The van der Waals surface area contributed by atoms with Crippen LogP contribution < -0.4 is 5.32 Å². The zero-order valence-electron chi connectivity index (χ0n) is 13.8. The van der Waals surface area contributed by atoms with Gasteiger partial charge in [-0.1, -0.05) is 35.4 Å². The number of aromatic nitrogens is 4. The Bertz CT molecular complexity index is 632. The molecule has 2 fully saturated rings. The molecule has 0 radical (unpaired) electrons. The van der Waals surface area contributed by atoms with Crippen molar-refractivity contribution in [2.75, 3.05) is 31.6 Å². The molecule has 2 aliphatic heterocycles. The summed E-state index contributed by atoms with van der Waals surface area (Å²) in [4.78, 5) is 2.57. The molecule has 0 amide bonds. The highest BCUT2D eigenvalue weighted by Gasteiger charge is 2.28. The van der Waals surface area contributed by atoms with Gasteiger partial charge in [-0.2, -0.15) is 0 Å². The molecule has 0 spiro atoms. The predicted octanol–water partition coefficient (Wildman–Crippen LogP) is 1.39. The smallest absolute Gasteiger partial charge is 0.243 e. The molecule has 2 aliphatic rings.